The number of amides is 1. The first-order valence-corrected chi connectivity index (χ1v) is 7.42. The number of carbonyl (C=O) groups is 1. The fourth-order valence-electron chi connectivity index (χ4n) is 3.07. The smallest absolute Gasteiger partial charge is 0.224 e. The van der Waals surface area contributed by atoms with Crippen LogP contribution in [0.4, 0.5) is 0 Å². The van der Waals surface area contributed by atoms with Crippen molar-refractivity contribution in [1.82, 2.24) is 10.2 Å². The lowest BCUT2D eigenvalue weighted by molar-refractivity contribution is -0.127. The summed E-state index contributed by atoms with van der Waals surface area (Å²) in [5.74, 6) is 1.26. The first-order chi connectivity index (χ1) is 8.83. The van der Waals surface area contributed by atoms with Gasteiger partial charge in [0, 0.05) is 25.7 Å². The van der Waals surface area contributed by atoms with Crippen LogP contribution < -0.4 is 5.32 Å². The summed E-state index contributed by atoms with van der Waals surface area (Å²) in [6.07, 6.45) is 5.95. The summed E-state index contributed by atoms with van der Waals surface area (Å²) in [6.45, 7) is 4.73. The second-order valence-corrected chi connectivity index (χ2v) is 6.04. The topological polar surface area (TPSA) is 41.6 Å². The van der Waals surface area contributed by atoms with Crippen molar-refractivity contribution in [3.63, 3.8) is 0 Å². The van der Waals surface area contributed by atoms with Crippen LogP contribution in [0.2, 0.25) is 0 Å². The third kappa shape index (κ3) is 3.04. The predicted molar refractivity (Wildman–Crippen MR) is 69.3 cm³/mol. The Kier molecular flexibility index (Phi) is 3.85. The van der Waals surface area contributed by atoms with Crippen molar-refractivity contribution >= 4 is 5.91 Å². The molecule has 0 aromatic rings. The molecule has 1 N–H and O–H groups in total. The van der Waals surface area contributed by atoms with E-state index in [1.54, 1.807) is 0 Å². The van der Waals surface area contributed by atoms with E-state index in [0.29, 0.717) is 6.04 Å². The van der Waals surface area contributed by atoms with Gasteiger partial charge in [-0.05, 0) is 44.6 Å². The van der Waals surface area contributed by atoms with Crippen molar-refractivity contribution in [1.29, 1.82) is 0 Å². The van der Waals surface area contributed by atoms with Crippen LogP contribution >= 0.6 is 0 Å². The lowest BCUT2D eigenvalue weighted by Gasteiger charge is -2.35. The number of carbonyl (C=O) groups excluding carboxylic acids is 1. The van der Waals surface area contributed by atoms with E-state index in [1.165, 1.54) is 12.8 Å². The third-order valence-corrected chi connectivity index (χ3v) is 4.51. The molecule has 3 aliphatic rings. The van der Waals surface area contributed by atoms with Gasteiger partial charge in [0.25, 0.3) is 0 Å². The summed E-state index contributed by atoms with van der Waals surface area (Å²) < 4.78 is 5.45. The average Bonchev–Trinajstić information content (AvgIpc) is 3.08. The Labute approximate surface area is 109 Å². The number of nitrogens with one attached hydrogen (secondary N) is 1. The summed E-state index contributed by atoms with van der Waals surface area (Å²) >= 11 is 0. The zero-order chi connectivity index (χ0) is 12.4. The van der Waals surface area contributed by atoms with E-state index in [2.05, 4.69) is 10.2 Å². The Bertz CT molecular complexity index is 298. The molecule has 3 rings (SSSR count). The summed E-state index contributed by atoms with van der Waals surface area (Å²) in [4.78, 5) is 14.6. The third-order valence-electron chi connectivity index (χ3n) is 4.51. The Hall–Kier alpha value is -0.610. The molecule has 4 nitrogen and oxygen atoms in total. The second kappa shape index (κ2) is 5.57. The van der Waals surface area contributed by atoms with E-state index in [0.717, 1.165) is 58.0 Å². The maximum Gasteiger partial charge on any atom is 0.224 e. The molecule has 1 saturated carbocycles. The fourth-order valence-corrected chi connectivity index (χ4v) is 3.07. The zero-order valence-corrected chi connectivity index (χ0v) is 11.1. The SMILES string of the molecule is O=C(NCC1CC1)[C@H]1CCCN([C@H]2CCOC2)C1. The standard InChI is InChI=1S/C14H24N2O2/c17-14(15-8-11-3-4-11)12-2-1-6-16(9-12)13-5-7-18-10-13/h11-13H,1-10H2,(H,15,17)/t12-,13-/m0/s1. The van der Waals surface area contributed by atoms with Crippen LogP contribution in [0.15, 0.2) is 0 Å². The highest BCUT2D eigenvalue weighted by molar-refractivity contribution is 5.79. The molecule has 0 unspecified atom stereocenters. The quantitative estimate of drug-likeness (QED) is 0.812. The van der Waals surface area contributed by atoms with Gasteiger partial charge in [-0.3, -0.25) is 9.69 Å². The molecule has 0 spiro atoms. The summed E-state index contributed by atoms with van der Waals surface area (Å²) in [7, 11) is 0. The summed E-state index contributed by atoms with van der Waals surface area (Å²) in [5, 5.41) is 3.13. The Morgan fingerprint density at radius 3 is 2.89 bits per heavy atom. The maximum atomic E-state index is 12.1. The summed E-state index contributed by atoms with van der Waals surface area (Å²) in [5.41, 5.74) is 0. The highest BCUT2D eigenvalue weighted by Gasteiger charge is 2.32. The van der Waals surface area contributed by atoms with Crippen molar-refractivity contribution in [2.45, 2.75) is 38.1 Å². The lowest BCUT2D eigenvalue weighted by atomic mass is 9.95. The van der Waals surface area contributed by atoms with Crippen LogP contribution in [0.5, 0.6) is 0 Å². The number of rotatable bonds is 4. The summed E-state index contributed by atoms with van der Waals surface area (Å²) in [6, 6.07) is 0.559. The Morgan fingerprint density at radius 2 is 2.17 bits per heavy atom. The molecule has 4 heteroatoms. The van der Waals surface area contributed by atoms with Crippen LogP contribution in [0.1, 0.15) is 32.1 Å². The normalized spacial score (nSPS) is 33.6. The van der Waals surface area contributed by atoms with Crippen LogP contribution in [0.25, 0.3) is 0 Å². The van der Waals surface area contributed by atoms with Gasteiger partial charge in [-0.1, -0.05) is 0 Å². The van der Waals surface area contributed by atoms with E-state index in [4.69, 9.17) is 4.74 Å². The maximum absolute atomic E-state index is 12.1. The van der Waals surface area contributed by atoms with Gasteiger partial charge in [-0.2, -0.15) is 0 Å². The molecular weight excluding hydrogens is 228 g/mol. The first kappa shape index (κ1) is 12.4. The minimum absolute atomic E-state index is 0.207. The molecule has 0 bridgehead atoms. The Balaban J connectivity index is 1.47. The van der Waals surface area contributed by atoms with Crippen LogP contribution in [-0.4, -0.2) is 49.7 Å². The minimum atomic E-state index is 0.207. The molecule has 1 amide bonds. The number of hydrogen-bond donors (Lipinski definition) is 1. The Morgan fingerprint density at radius 1 is 1.28 bits per heavy atom. The molecule has 18 heavy (non-hydrogen) atoms. The lowest BCUT2D eigenvalue weighted by Crippen LogP contribution is -2.47. The number of piperidine rings is 1. The van der Waals surface area contributed by atoms with E-state index in [-0.39, 0.29) is 11.8 Å². The number of likely N-dealkylation sites (tertiary alicyclic amines) is 1. The molecule has 2 aliphatic heterocycles. The van der Waals surface area contributed by atoms with Crippen LogP contribution in [0, 0.1) is 11.8 Å². The van der Waals surface area contributed by atoms with Crippen LogP contribution in [0.3, 0.4) is 0 Å². The molecule has 3 fully saturated rings. The highest BCUT2D eigenvalue weighted by atomic mass is 16.5. The molecule has 1 aliphatic carbocycles. The van der Waals surface area contributed by atoms with Crippen molar-refractivity contribution in [2.24, 2.45) is 11.8 Å². The molecule has 2 heterocycles. The zero-order valence-electron chi connectivity index (χ0n) is 11.1. The first-order valence-electron chi connectivity index (χ1n) is 7.42. The molecule has 2 atom stereocenters. The van der Waals surface area contributed by atoms with E-state index in [1.807, 2.05) is 0 Å². The van der Waals surface area contributed by atoms with Gasteiger partial charge in [0.2, 0.25) is 5.91 Å². The van der Waals surface area contributed by atoms with Gasteiger partial charge in [0.15, 0.2) is 0 Å². The number of hydrogen-bond acceptors (Lipinski definition) is 3. The van der Waals surface area contributed by atoms with E-state index < -0.39 is 0 Å². The molecular formula is C14H24N2O2. The van der Waals surface area contributed by atoms with Crippen molar-refractivity contribution in [3.8, 4) is 0 Å². The molecule has 2 saturated heterocycles. The molecule has 0 radical (unpaired) electrons. The second-order valence-electron chi connectivity index (χ2n) is 6.04. The minimum Gasteiger partial charge on any atom is -0.380 e. The van der Waals surface area contributed by atoms with Crippen molar-refractivity contribution in [2.75, 3.05) is 32.8 Å². The van der Waals surface area contributed by atoms with Gasteiger partial charge in [-0.15, -0.1) is 0 Å². The van der Waals surface area contributed by atoms with Gasteiger partial charge < -0.3 is 10.1 Å². The molecule has 0 aromatic carbocycles. The van der Waals surface area contributed by atoms with Gasteiger partial charge in [0.05, 0.1) is 12.5 Å². The monoisotopic (exact) mass is 252 g/mol. The van der Waals surface area contributed by atoms with Crippen molar-refractivity contribution < 1.29 is 9.53 Å². The van der Waals surface area contributed by atoms with Crippen molar-refractivity contribution in [3.05, 3.63) is 0 Å². The molecule has 102 valence electrons. The van der Waals surface area contributed by atoms with E-state index >= 15 is 0 Å². The number of ether oxygens (including phenoxy) is 1. The van der Waals surface area contributed by atoms with Gasteiger partial charge >= 0.3 is 0 Å². The number of nitrogens with zero attached hydrogens (tertiary/aromatic N) is 1. The molecule has 0 aromatic heterocycles. The van der Waals surface area contributed by atoms with Gasteiger partial charge in [-0.25, -0.2) is 0 Å². The van der Waals surface area contributed by atoms with Crippen LogP contribution in [-0.2, 0) is 9.53 Å². The highest BCUT2D eigenvalue weighted by Crippen LogP contribution is 2.28. The van der Waals surface area contributed by atoms with E-state index in [9.17, 15) is 4.79 Å². The largest absolute Gasteiger partial charge is 0.380 e. The predicted octanol–water partition coefficient (Wildman–Crippen LogP) is 1.01. The fraction of sp³-hybridized carbons (Fsp3) is 0.929. The average molecular weight is 252 g/mol. The van der Waals surface area contributed by atoms with Gasteiger partial charge in [0.1, 0.15) is 0 Å².